The topological polar surface area (TPSA) is 28.2 Å². The molecule has 1 N–H and O–H groups in total. The zero-order valence-corrected chi connectivity index (χ0v) is 13.5. The number of thiazole rings is 1. The largest absolute Gasteiger partial charge is 0.348 e. The molecule has 1 heterocycles. The molecule has 1 aromatic rings. The molecule has 0 saturated heterocycles. The predicted molar refractivity (Wildman–Crippen MR) is 84.2 cm³/mol. The second-order valence-corrected chi connectivity index (χ2v) is 6.68. The molecular weight excluding hydrogens is 254 g/mol. The summed E-state index contributed by atoms with van der Waals surface area (Å²) in [6.45, 7) is 7.67. The zero-order chi connectivity index (χ0) is 13.8. The fraction of sp³-hybridized carbons (Fsp3) is 0.800. The van der Waals surface area contributed by atoms with E-state index in [1.165, 1.54) is 47.8 Å². The standard InChI is InChI=1S/C15H27N3S/c1-5-10-16-11(2)14-12(3)17-15(19-14)18(4)13-8-6-7-9-13/h11,13,16H,5-10H2,1-4H3. The Morgan fingerprint density at radius 3 is 2.74 bits per heavy atom. The summed E-state index contributed by atoms with van der Waals surface area (Å²) in [5.74, 6) is 0. The van der Waals surface area contributed by atoms with E-state index in [0.717, 1.165) is 6.54 Å². The Kier molecular flexibility index (Phi) is 5.22. The Bertz CT molecular complexity index is 396. The van der Waals surface area contributed by atoms with Crippen LogP contribution in [0, 0.1) is 6.92 Å². The van der Waals surface area contributed by atoms with E-state index in [1.54, 1.807) is 0 Å². The van der Waals surface area contributed by atoms with Crippen LogP contribution >= 0.6 is 11.3 Å². The lowest BCUT2D eigenvalue weighted by molar-refractivity contribution is 0.575. The minimum absolute atomic E-state index is 0.420. The van der Waals surface area contributed by atoms with Gasteiger partial charge in [0.1, 0.15) is 0 Å². The molecule has 2 rings (SSSR count). The predicted octanol–water partition coefficient (Wildman–Crippen LogP) is 3.89. The highest BCUT2D eigenvalue weighted by Crippen LogP contribution is 2.34. The van der Waals surface area contributed by atoms with Crippen LogP contribution in [-0.2, 0) is 0 Å². The van der Waals surface area contributed by atoms with Gasteiger partial charge in [0.05, 0.1) is 5.69 Å². The van der Waals surface area contributed by atoms with E-state index < -0.39 is 0 Å². The molecule has 1 aliphatic rings. The van der Waals surface area contributed by atoms with Crippen molar-refractivity contribution in [1.29, 1.82) is 0 Å². The molecule has 1 unspecified atom stereocenters. The number of nitrogens with one attached hydrogen (secondary N) is 1. The Morgan fingerprint density at radius 2 is 2.11 bits per heavy atom. The highest BCUT2D eigenvalue weighted by atomic mass is 32.1. The highest BCUT2D eigenvalue weighted by Gasteiger charge is 2.23. The number of anilines is 1. The summed E-state index contributed by atoms with van der Waals surface area (Å²) in [5, 5.41) is 4.76. The van der Waals surface area contributed by atoms with Crippen LogP contribution in [0.4, 0.5) is 5.13 Å². The van der Waals surface area contributed by atoms with Crippen molar-refractivity contribution in [3.63, 3.8) is 0 Å². The Morgan fingerprint density at radius 1 is 1.42 bits per heavy atom. The lowest BCUT2D eigenvalue weighted by Gasteiger charge is -2.23. The van der Waals surface area contributed by atoms with Gasteiger partial charge in [0.15, 0.2) is 5.13 Å². The van der Waals surface area contributed by atoms with Crippen LogP contribution in [-0.4, -0.2) is 24.6 Å². The maximum Gasteiger partial charge on any atom is 0.185 e. The third-order valence-electron chi connectivity index (χ3n) is 4.09. The first kappa shape index (κ1) is 14.8. The average Bonchev–Trinajstić information content (AvgIpc) is 3.04. The summed E-state index contributed by atoms with van der Waals surface area (Å²) in [6, 6.07) is 1.13. The normalized spacial score (nSPS) is 17.9. The molecule has 108 valence electrons. The van der Waals surface area contributed by atoms with Crippen molar-refractivity contribution in [2.24, 2.45) is 0 Å². The zero-order valence-electron chi connectivity index (χ0n) is 12.7. The van der Waals surface area contributed by atoms with Crippen LogP contribution < -0.4 is 10.2 Å². The minimum atomic E-state index is 0.420. The molecule has 4 heteroatoms. The Hall–Kier alpha value is -0.610. The van der Waals surface area contributed by atoms with Gasteiger partial charge in [-0.25, -0.2) is 4.98 Å². The summed E-state index contributed by atoms with van der Waals surface area (Å²) in [5.41, 5.74) is 1.20. The van der Waals surface area contributed by atoms with Gasteiger partial charge in [0.25, 0.3) is 0 Å². The van der Waals surface area contributed by atoms with Gasteiger partial charge in [-0.05, 0) is 39.7 Å². The Balaban J connectivity index is 2.06. The summed E-state index contributed by atoms with van der Waals surface area (Å²) < 4.78 is 0. The van der Waals surface area contributed by atoms with Crippen molar-refractivity contribution in [3.05, 3.63) is 10.6 Å². The Labute approximate surface area is 121 Å². The number of rotatable bonds is 6. The SMILES string of the molecule is CCCNC(C)c1sc(N(C)C2CCCC2)nc1C. The molecule has 0 bridgehead atoms. The molecule has 0 radical (unpaired) electrons. The van der Waals surface area contributed by atoms with E-state index in [4.69, 9.17) is 4.98 Å². The first-order valence-corrected chi connectivity index (χ1v) is 8.38. The van der Waals surface area contributed by atoms with Crippen molar-refractivity contribution in [2.75, 3.05) is 18.5 Å². The monoisotopic (exact) mass is 281 g/mol. The van der Waals surface area contributed by atoms with Crippen molar-refractivity contribution >= 4 is 16.5 Å². The van der Waals surface area contributed by atoms with Crippen LogP contribution in [0.15, 0.2) is 0 Å². The number of hydrogen-bond acceptors (Lipinski definition) is 4. The van der Waals surface area contributed by atoms with Gasteiger partial charge in [-0.1, -0.05) is 19.8 Å². The third-order valence-corrected chi connectivity index (χ3v) is 5.52. The van der Waals surface area contributed by atoms with Crippen molar-refractivity contribution in [2.45, 2.75) is 65.0 Å². The fourth-order valence-corrected chi connectivity index (χ4v) is 3.97. The summed E-state index contributed by atoms with van der Waals surface area (Å²) >= 11 is 1.87. The van der Waals surface area contributed by atoms with E-state index in [9.17, 15) is 0 Å². The smallest absolute Gasteiger partial charge is 0.185 e. The second kappa shape index (κ2) is 6.71. The van der Waals surface area contributed by atoms with Crippen molar-refractivity contribution in [3.8, 4) is 0 Å². The summed E-state index contributed by atoms with van der Waals surface area (Å²) in [7, 11) is 2.21. The third kappa shape index (κ3) is 3.48. The van der Waals surface area contributed by atoms with Gasteiger partial charge >= 0.3 is 0 Å². The molecule has 1 aromatic heterocycles. The first-order chi connectivity index (χ1) is 9.13. The van der Waals surface area contributed by atoms with Gasteiger partial charge < -0.3 is 10.2 Å². The van der Waals surface area contributed by atoms with Crippen LogP contribution in [0.1, 0.15) is 62.6 Å². The van der Waals surface area contributed by atoms with Gasteiger partial charge in [-0.15, -0.1) is 11.3 Å². The van der Waals surface area contributed by atoms with E-state index >= 15 is 0 Å². The van der Waals surface area contributed by atoms with Crippen LogP contribution in [0.5, 0.6) is 0 Å². The summed E-state index contributed by atoms with van der Waals surface area (Å²) in [4.78, 5) is 8.59. The van der Waals surface area contributed by atoms with E-state index in [0.29, 0.717) is 12.1 Å². The van der Waals surface area contributed by atoms with E-state index in [2.05, 4.69) is 38.0 Å². The van der Waals surface area contributed by atoms with Gasteiger partial charge in [-0.2, -0.15) is 0 Å². The number of nitrogens with zero attached hydrogens (tertiary/aromatic N) is 2. The second-order valence-electron chi connectivity index (χ2n) is 5.67. The lowest BCUT2D eigenvalue weighted by atomic mass is 10.2. The van der Waals surface area contributed by atoms with Crippen LogP contribution in [0.25, 0.3) is 0 Å². The summed E-state index contributed by atoms with van der Waals surface area (Å²) in [6.07, 6.45) is 6.58. The number of hydrogen-bond donors (Lipinski definition) is 1. The lowest BCUT2D eigenvalue weighted by Crippen LogP contribution is -2.28. The molecule has 3 nitrogen and oxygen atoms in total. The first-order valence-electron chi connectivity index (χ1n) is 7.57. The maximum absolute atomic E-state index is 4.79. The van der Waals surface area contributed by atoms with E-state index in [1.807, 2.05) is 11.3 Å². The quantitative estimate of drug-likeness (QED) is 0.857. The fourth-order valence-electron chi connectivity index (χ4n) is 2.85. The average molecular weight is 281 g/mol. The molecular formula is C15H27N3S. The molecule has 1 aliphatic carbocycles. The molecule has 1 atom stereocenters. The molecule has 0 aliphatic heterocycles. The number of aryl methyl sites for hydroxylation is 1. The van der Waals surface area contributed by atoms with Gasteiger partial charge in [0, 0.05) is 24.0 Å². The van der Waals surface area contributed by atoms with E-state index in [-0.39, 0.29) is 0 Å². The highest BCUT2D eigenvalue weighted by molar-refractivity contribution is 7.15. The van der Waals surface area contributed by atoms with Crippen LogP contribution in [0.2, 0.25) is 0 Å². The van der Waals surface area contributed by atoms with Crippen molar-refractivity contribution < 1.29 is 0 Å². The minimum Gasteiger partial charge on any atom is -0.348 e. The molecule has 0 spiro atoms. The molecule has 19 heavy (non-hydrogen) atoms. The molecule has 1 fully saturated rings. The number of aromatic nitrogens is 1. The van der Waals surface area contributed by atoms with Crippen molar-refractivity contribution in [1.82, 2.24) is 10.3 Å². The molecule has 1 saturated carbocycles. The van der Waals surface area contributed by atoms with Gasteiger partial charge in [-0.3, -0.25) is 0 Å². The maximum atomic E-state index is 4.79. The molecule has 0 aromatic carbocycles. The van der Waals surface area contributed by atoms with Crippen LogP contribution in [0.3, 0.4) is 0 Å². The van der Waals surface area contributed by atoms with Gasteiger partial charge in [0.2, 0.25) is 0 Å². The molecule has 0 amide bonds.